The van der Waals surface area contributed by atoms with Gasteiger partial charge in [-0.15, -0.1) is 0 Å². The monoisotopic (exact) mass is 369 g/mol. The van der Waals surface area contributed by atoms with E-state index < -0.39 is 6.03 Å². The molecular formula is C21H15N5O2. The van der Waals surface area contributed by atoms with E-state index in [9.17, 15) is 4.79 Å². The van der Waals surface area contributed by atoms with Crippen molar-refractivity contribution >= 4 is 34.2 Å². The predicted molar refractivity (Wildman–Crippen MR) is 108 cm³/mol. The third kappa shape index (κ3) is 3.34. The molecule has 0 bridgehead atoms. The van der Waals surface area contributed by atoms with E-state index in [-0.39, 0.29) is 0 Å². The van der Waals surface area contributed by atoms with E-state index in [1.807, 2.05) is 18.2 Å². The number of pyridine rings is 1. The van der Waals surface area contributed by atoms with Crippen LogP contribution < -0.4 is 16.4 Å². The van der Waals surface area contributed by atoms with Crippen LogP contribution in [0.1, 0.15) is 5.56 Å². The Balaban J connectivity index is 1.50. The van der Waals surface area contributed by atoms with Crippen molar-refractivity contribution in [2.45, 2.75) is 0 Å². The molecule has 4 N–H and O–H groups in total. The fourth-order valence-electron chi connectivity index (χ4n) is 2.92. The number of carbonyl (C=O) groups excluding carboxylic acids is 1. The molecule has 0 saturated heterocycles. The number of nitrogens with two attached hydrogens (primary N) is 1. The van der Waals surface area contributed by atoms with Crippen molar-refractivity contribution in [3.8, 4) is 17.2 Å². The minimum Gasteiger partial charge on any atom is -0.463 e. The Morgan fingerprint density at radius 2 is 1.86 bits per heavy atom. The van der Waals surface area contributed by atoms with Gasteiger partial charge < -0.3 is 20.8 Å². The number of nitriles is 1. The first kappa shape index (κ1) is 17.1. The summed E-state index contributed by atoms with van der Waals surface area (Å²) in [6, 6.07) is 17.4. The summed E-state index contributed by atoms with van der Waals surface area (Å²) in [5, 5.41) is 15.1. The number of amides is 2. The second-order valence-corrected chi connectivity index (χ2v) is 6.07. The average Bonchev–Trinajstić information content (AvgIpc) is 3.14. The SMILES string of the molecule is N#Cc1cccc(NC(=O)Nc2ccc(-c3coc4ccnc(N)c34)cc2)c1. The van der Waals surface area contributed by atoms with Crippen LogP contribution in [-0.2, 0) is 0 Å². The molecule has 0 fully saturated rings. The molecule has 0 saturated carbocycles. The van der Waals surface area contributed by atoms with E-state index in [1.165, 1.54) is 0 Å². The van der Waals surface area contributed by atoms with Gasteiger partial charge in [0.2, 0.25) is 0 Å². The number of aromatic nitrogens is 1. The number of rotatable bonds is 3. The summed E-state index contributed by atoms with van der Waals surface area (Å²) in [6.45, 7) is 0. The maximum atomic E-state index is 12.2. The van der Waals surface area contributed by atoms with Crippen molar-refractivity contribution in [2.24, 2.45) is 0 Å². The zero-order chi connectivity index (χ0) is 19.5. The van der Waals surface area contributed by atoms with Gasteiger partial charge >= 0.3 is 6.03 Å². The standard InChI is InChI=1S/C21H15N5O2/c22-11-13-2-1-3-16(10-13)26-21(27)25-15-6-4-14(5-7-15)17-12-28-18-8-9-24-20(23)19(17)18/h1-10,12H,(H2,23,24)(H2,25,26,27). The maximum absolute atomic E-state index is 12.2. The van der Waals surface area contributed by atoms with E-state index in [0.717, 1.165) is 16.5 Å². The lowest BCUT2D eigenvalue weighted by molar-refractivity contribution is 0.262. The Kier molecular flexibility index (Phi) is 4.36. The summed E-state index contributed by atoms with van der Waals surface area (Å²) in [7, 11) is 0. The first-order chi connectivity index (χ1) is 13.6. The van der Waals surface area contributed by atoms with Gasteiger partial charge in [0.05, 0.1) is 23.3 Å². The summed E-state index contributed by atoms with van der Waals surface area (Å²) in [5.41, 5.74) is 10.0. The molecule has 2 amide bonds. The smallest absolute Gasteiger partial charge is 0.323 e. The molecule has 4 rings (SSSR count). The van der Waals surface area contributed by atoms with Crippen molar-refractivity contribution in [3.05, 3.63) is 72.6 Å². The molecule has 7 nitrogen and oxygen atoms in total. The Morgan fingerprint density at radius 3 is 2.64 bits per heavy atom. The van der Waals surface area contributed by atoms with Crippen LogP contribution in [0.25, 0.3) is 22.1 Å². The molecule has 7 heteroatoms. The minimum absolute atomic E-state index is 0.398. The van der Waals surface area contributed by atoms with Crippen LogP contribution in [0.4, 0.5) is 22.0 Å². The molecule has 2 heterocycles. The number of benzene rings is 2. The Morgan fingerprint density at radius 1 is 1.07 bits per heavy atom. The van der Waals surface area contributed by atoms with Crippen molar-refractivity contribution in [2.75, 3.05) is 16.4 Å². The summed E-state index contributed by atoms with van der Waals surface area (Å²) in [4.78, 5) is 16.3. The number of urea groups is 1. The highest BCUT2D eigenvalue weighted by atomic mass is 16.3. The van der Waals surface area contributed by atoms with E-state index in [4.69, 9.17) is 15.4 Å². The molecule has 0 aliphatic rings. The van der Waals surface area contributed by atoms with Crippen LogP contribution in [-0.4, -0.2) is 11.0 Å². The van der Waals surface area contributed by atoms with E-state index >= 15 is 0 Å². The minimum atomic E-state index is -0.398. The highest BCUT2D eigenvalue weighted by molar-refractivity contribution is 6.02. The lowest BCUT2D eigenvalue weighted by Crippen LogP contribution is -2.19. The third-order valence-electron chi connectivity index (χ3n) is 4.22. The van der Waals surface area contributed by atoms with Crippen LogP contribution >= 0.6 is 0 Å². The third-order valence-corrected chi connectivity index (χ3v) is 4.22. The zero-order valence-electron chi connectivity index (χ0n) is 14.6. The normalized spacial score (nSPS) is 10.4. The number of nitrogen functional groups attached to an aromatic ring is 1. The highest BCUT2D eigenvalue weighted by Crippen LogP contribution is 2.33. The molecule has 2 aromatic heterocycles. The van der Waals surface area contributed by atoms with Gasteiger partial charge in [-0.2, -0.15) is 5.26 Å². The number of hydrogen-bond acceptors (Lipinski definition) is 5. The molecule has 0 aliphatic carbocycles. The van der Waals surface area contributed by atoms with Gasteiger partial charge in [0, 0.05) is 23.1 Å². The predicted octanol–water partition coefficient (Wildman–Crippen LogP) is 4.59. The van der Waals surface area contributed by atoms with Crippen LogP contribution in [0.3, 0.4) is 0 Å². The zero-order valence-corrected chi connectivity index (χ0v) is 14.6. The van der Waals surface area contributed by atoms with Gasteiger partial charge in [0.25, 0.3) is 0 Å². The number of nitrogens with zero attached hydrogens (tertiary/aromatic N) is 2. The summed E-state index contributed by atoms with van der Waals surface area (Å²) >= 11 is 0. The number of anilines is 3. The van der Waals surface area contributed by atoms with Crippen molar-refractivity contribution in [1.29, 1.82) is 5.26 Å². The molecule has 0 atom stereocenters. The van der Waals surface area contributed by atoms with Gasteiger partial charge in [-0.25, -0.2) is 9.78 Å². The van der Waals surface area contributed by atoms with Gasteiger partial charge in [-0.3, -0.25) is 0 Å². The first-order valence-corrected chi connectivity index (χ1v) is 8.44. The van der Waals surface area contributed by atoms with Gasteiger partial charge in [0.1, 0.15) is 11.4 Å². The van der Waals surface area contributed by atoms with Crippen molar-refractivity contribution < 1.29 is 9.21 Å². The quantitative estimate of drug-likeness (QED) is 0.488. The molecule has 136 valence electrons. The number of nitrogens with one attached hydrogen (secondary N) is 2. The fourth-order valence-corrected chi connectivity index (χ4v) is 2.92. The number of furan rings is 1. The Bertz CT molecular complexity index is 1210. The molecule has 4 aromatic rings. The summed E-state index contributed by atoms with van der Waals surface area (Å²) in [6.07, 6.45) is 3.24. The van der Waals surface area contributed by atoms with E-state index in [0.29, 0.717) is 28.3 Å². The lowest BCUT2D eigenvalue weighted by Gasteiger charge is -2.08. The molecule has 0 radical (unpaired) electrons. The topological polar surface area (TPSA) is 117 Å². The fraction of sp³-hybridized carbons (Fsp3) is 0. The number of fused-ring (bicyclic) bond motifs is 1. The molecular weight excluding hydrogens is 354 g/mol. The molecule has 28 heavy (non-hydrogen) atoms. The van der Waals surface area contributed by atoms with Crippen LogP contribution in [0.5, 0.6) is 0 Å². The summed E-state index contributed by atoms with van der Waals surface area (Å²) in [5.74, 6) is 0.405. The van der Waals surface area contributed by atoms with Crippen LogP contribution in [0.2, 0.25) is 0 Å². The van der Waals surface area contributed by atoms with Gasteiger partial charge in [-0.05, 0) is 42.0 Å². The number of hydrogen-bond donors (Lipinski definition) is 3. The van der Waals surface area contributed by atoms with Crippen molar-refractivity contribution in [3.63, 3.8) is 0 Å². The second kappa shape index (κ2) is 7.13. The first-order valence-electron chi connectivity index (χ1n) is 8.44. The molecule has 2 aromatic carbocycles. The van der Waals surface area contributed by atoms with Crippen LogP contribution in [0.15, 0.2) is 71.5 Å². The Hall–Kier alpha value is -4.31. The molecule has 0 unspecified atom stereocenters. The van der Waals surface area contributed by atoms with Crippen molar-refractivity contribution in [1.82, 2.24) is 4.98 Å². The van der Waals surface area contributed by atoms with Crippen LogP contribution in [0, 0.1) is 11.3 Å². The average molecular weight is 369 g/mol. The maximum Gasteiger partial charge on any atom is 0.323 e. The lowest BCUT2D eigenvalue weighted by atomic mass is 10.1. The summed E-state index contributed by atoms with van der Waals surface area (Å²) < 4.78 is 5.54. The largest absolute Gasteiger partial charge is 0.463 e. The highest BCUT2D eigenvalue weighted by Gasteiger charge is 2.12. The van der Waals surface area contributed by atoms with Gasteiger partial charge in [-0.1, -0.05) is 18.2 Å². The van der Waals surface area contributed by atoms with E-state index in [1.54, 1.807) is 54.9 Å². The second-order valence-electron chi connectivity index (χ2n) is 6.07. The van der Waals surface area contributed by atoms with Gasteiger partial charge in [0.15, 0.2) is 0 Å². The number of carbonyl (C=O) groups is 1. The molecule has 0 spiro atoms. The Labute approximate surface area is 160 Å². The van der Waals surface area contributed by atoms with E-state index in [2.05, 4.69) is 15.6 Å². The molecule has 0 aliphatic heterocycles.